The van der Waals surface area contributed by atoms with E-state index in [1.165, 1.54) is 19.3 Å². The van der Waals surface area contributed by atoms with Gasteiger partial charge in [0.05, 0.1) is 0 Å². The Labute approximate surface area is 123 Å². The third-order valence-electron chi connectivity index (χ3n) is 3.94. The minimum Gasteiger partial charge on any atom is -0.480 e. The highest BCUT2D eigenvalue weighted by Gasteiger charge is 2.20. The van der Waals surface area contributed by atoms with Crippen molar-refractivity contribution in [3.63, 3.8) is 0 Å². The molecule has 0 spiro atoms. The molecule has 0 bridgehead atoms. The van der Waals surface area contributed by atoms with Crippen LogP contribution < -0.4 is 15.4 Å². The number of hydrogen-bond acceptors (Lipinski definition) is 4. The third-order valence-corrected chi connectivity index (χ3v) is 3.94. The summed E-state index contributed by atoms with van der Waals surface area (Å²) in [5.41, 5.74) is 0. The number of nitrogens with one attached hydrogen (secondary N) is 2. The van der Waals surface area contributed by atoms with Crippen LogP contribution in [0.15, 0.2) is 12.1 Å². The van der Waals surface area contributed by atoms with Crippen molar-refractivity contribution in [2.24, 2.45) is 5.92 Å². The average molecular weight is 289 g/mol. The molecule has 0 unspecified atom stereocenters. The molecule has 2 N–H and O–H groups in total. The highest BCUT2D eigenvalue weighted by Crippen LogP contribution is 2.28. The molecule has 2 aliphatic rings. The van der Waals surface area contributed by atoms with E-state index in [-0.39, 0.29) is 18.4 Å². The second kappa shape index (κ2) is 6.11. The Bertz CT molecular complexity index is 553. The van der Waals surface area contributed by atoms with Crippen LogP contribution in [0.25, 0.3) is 0 Å². The van der Waals surface area contributed by atoms with Gasteiger partial charge in [-0.15, -0.1) is 0 Å². The first-order chi connectivity index (χ1) is 10.2. The highest BCUT2D eigenvalue weighted by molar-refractivity contribution is 5.95. The lowest BCUT2D eigenvalue weighted by atomic mass is 9.87. The molecular weight excluding hydrogens is 270 g/mol. The number of anilines is 2. The van der Waals surface area contributed by atoms with Gasteiger partial charge in [0, 0.05) is 6.42 Å². The number of hydrogen-bond donors (Lipinski definition) is 2. The monoisotopic (exact) mass is 289 g/mol. The van der Waals surface area contributed by atoms with Crippen LogP contribution in [0.3, 0.4) is 0 Å². The van der Waals surface area contributed by atoms with Gasteiger partial charge < -0.3 is 15.4 Å². The van der Waals surface area contributed by atoms with Crippen LogP contribution in [0.4, 0.5) is 11.6 Å². The lowest BCUT2D eigenvalue weighted by molar-refractivity contribution is -0.119. The van der Waals surface area contributed by atoms with E-state index in [9.17, 15) is 9.59 Å². The molecule has 2 amide bonds. The normalized spacial score (nSPS) is 18.4. The predicted octanol–water partition coefficient (Wildman–Crippen LogP) is 2.32. The van der Waals surface area contributed by atoms with Crippen LogP contribution in [0.5, 0.6) is 5.75 Å². The largest absolute Gasteiger partial charge is 0.480 e. The second-order valence-electron chi connectivity index (χ2n) is 5.64. The number of carbonyl (C=O) groups excluding carboxylic acids is 2. The van der Waals surface area contributed by atoms with Crippen molar-refractivity contribution < 1.29 is 14.3 Å². The first-order valence-electron chi connectivity index (χ1n) is 7.44. The highest BCUT2D eigenvalue weighted by atomic mass is 16.5. The molecule has 6 nitrogen and oxygen atoms in total. The Balaban J connectivity index is 1.60. The van der Waals surface area contributed by atoms with Crippen molar-refractivity contribution >= 4 is 23.5 Å². The number of ether oxygens (including phenoxy) is 1. The van der Waals surface area contributed by atoms with Crippen molar-refractivity contribution in [1.82, 2.24) is 4.98 Å². The molecule has 21 heavy (non-hydrogen) atoms. The third kappa shape index (κ3) is 3.51. The standard InChI is InChI=1S/C15H19N3O3/c19-13(8-10-4-2-1-3-5-10)16-12-7-6-11-15(17-12)18-14(20)9-21-11/h6-7,10H,1-5,8-9H2,(H2,16,17,18,19,20). The first-order valence-corrected chi connectivity index (χ1v) is 7.44. The number of fused-ring (bicyclic) bond motifs is 1. The molecule has 1 aromatic rings. The Morgan fingerprint density at radius 3 is 2.95 bits per heavy atom. The summed E-state index contributed by atoms with van der Waals surface area (Å²) in [6.07, 6.45) is 6.53. The summed E-state index contributed by atoms with van der Waals surface area (Å²) in [5.74, 6) is 1.57. The molecule has 2 heterocycles. The van der Waals surface area contributed by atoms with Gasteiger partial charge in [-0.2, -0.15) is 0 Å². The smallest absolute Gasteiger partial charge is 0.263 e. The number of carbonyl (C=O) groups is 2. The molecule has 1 aliphatic carbocycles. The topological polar surface area (TPSA) is 80.3 Å². The quantitative estimate of drug-likeness (QED) is 0.895. The predicted molar refractivity (Wildman–Crippen MR) is 78.2 cm³/mol. The van der Waals surface area contributed by atoms with Crippen molar-refractivity contribution in [3.8, 4) is 5.75 Å². The van der Waals surface area contributed by atoms with Gasteiger partial charge in [-0.3, -0.25) is 9.59 Å². The van der Waals surface area contributed by atoms with Crippen LogP contribution in [-0.2, 0) is 9.59 Å². The Kier molecular flexibility index (Phi) is 4.03. The fourth-order valence-corrected chi connectivity index (χ4v) is 2.88. The number of aromatic nitrogens is 1. The molecule has 1 saturated carbocycles. The summed E-state index contributed by atoms with van der Waals surface area (Å²) in [7, 11) is 0. The van der Waals surface area contributed by atoms with E-state index in [0.717, 1.165) is 12.8 Å². The zero-order chi connectivity index (χ0) is 14.7. The maximum absolute atomic E-state index is 12.0. The second-order valence-corrected chi connectivity index (χ2v) is 5.64. The number of nitrogens with zero attached hydrogens (tertiary/aromatic N) is 1. The van der Waals surface area contributed by atoms with Crippen molar-refractivity contribution in [2.75, 3.05) is 17.2 Å². The van der Waals surface area contributed by atoms with E-state index in [1.807, 2.05) is 0 Å². The van der Waals surface area contributed by atoms with E-state index in [2.05, 4.69) is 15.6 Å². The Hall–Kier alpha value is -2.11. The minimum atomic E-state index is -0.235. The van der Waals surface area contributed by atoms with Crippen molar-refractivity contribution in [3.05, 3.63) is 12.1 Å². The molecule has 1 aromatic heterocycles. The van der Waals surface area contributed by atoms with Crippen LogP contribution in [0.1, 0.15) is 38.5 Å². The number of rotatable bonds is 3. The molecule has 112 valence electrons. The molecule has 1 fully saturated rings. The SMILES string of the molecule is O=C(CC1CCCCC1)Nc1ccc2c(n1)NC(=O)CO2. The Morgan fingerprint density at radius 1 is 1.33 bits per heavy atom. The van der Waals surface area contributed by atoms with Gasteiger partial charge in [-0.25, -0.2) is 4.98 Å². The fourth-order valence-electron chi connectivity index (χ4n) is 2.88. The van der Waals surface area contributed by atoms with Gasteiger partial charge in [-0.1, -0.05) is 19.3 Å². The fraction of sp³-hybridized carbons (Fsp3) is 0.533. The van der Waals surface area contributed by atoms with Gasteiger partial charge in [0.1, 0.15) is 5.82 Å². The molecule has 0 atom stereocenters. The minimum absolute atomic E-state index is 0.00205. The summed E-state index contributed by atoms with van der Waals surface area (Å²) in [6.45, 7) is 0.00205. The number of pyridine rings is 1. The van der Waals surface area contributed by atoms with Crippen molar-refractivity contribution in [1.29, 1.82) is 0 Å². The van der Waals surface area contributed by atoms with E-state index >= 15 is 0 Å². The summed E-state index contributed by atoms with van der Waals surface area (Å²) in [4.78, 5) is 27.5. The maximum atomic E-state index is 12.0. The van der Waals surface area contributed by atoms with Gasteiger partial charge in [0.15, 0.2) is 18.2 Å². The van der Waals surface area contributed by atoms with Gasteiger partial charge >= 0.3 is 0 Å². The lowest BCUT2D eigenvalue weighted by Crippen LogP contribution is -2.26. The van der Waals surface area contributed by atoms with E-state index in [1.54, 1.807) is 12.1 Å². The van der Waals surface area contributed by atoms with Gasteiger partial charge in [0.2, 0.25) is 5.91 Å². The average Bonchev–Trinajstić information content (AvgIpc) is 2.47. The van der Waals surface area contributed by atoms with Crippen LogP contribution >= 0.6 is 0 Å². The van der Waals surface area contributed by atoms with Crippen LogP contribution in [0, 0.1) is 5.92 Å². The molecule has 0 saturated heterocycles. The molecule has 0 radical (unpaired) electrons. The maximum Gasteiger partial charge on any atom is 0.263 e. The Morgan fingerprint density at radius 2 is 2.14 bits per heavy atom. The summed E-state index contributed by atoms with van der Waals surface area (Å²) in [6, 6.07) is 3.40. The first kappa shape index (κ1) is 13.9. The summed E-state index contributed by atoms with van der Waals surface area (Å²) < 4.78 is 5.23. The molecule has 6 heteroatoms. The van der Waals surface area contributed by atoms with Crippen molar-refractivity contribution in [2.45, 2.75) is 38.5 Å². The zero-order valence-electron chi connectivity index (χ0n) is 11.9. The lowest BCUT2D eigenvalue weighted by Gasteiger charge is -2.21. The van der Waals surface area contributed by atoms with Crippen LogP contribution in [0.2, 0.25) is 0 Å². The van der Waals surface area contributed by atoms with E-state index in [4.69, 9.17) is 4.74 Å². The van der Waals surface area contributed by atoms with Crippen LogP contribution in [-0.4, -0.2) is 23.4 Å². The molecule has 0 aromatic carbocycles. The van der Waals surface area contributed by atoms with Gasteiger partial charge in [0.25, 0.3) is 5.91 Å². The van der Waals surface area contributed by atoms with E-state index < -0.39 is 0 Å². The van der Waals surface area contributed by atoms with Gasteiger partial charge in [-0.05, 0) is 30.9 Å². The summed E-state index contributed by atoms with van der Waals surface area (Å²) >= 11 is 0. The zero-order valence-corrected chi connectivity index (χ0v) is 11.9. The molecule has 1 aliphatic heterocycles. The van der Waals surface area contributed by atoms with E-state index in [0.29, 0.717) is 29.7 Å². The summed E-state index contributed by atoms with van der Waals surface area (Å²) in [5, 5.41) is 5.43. The molecular formula is C15H19N3O3. The molecule has 3 rings (SSSR count). The number of amides is 2.